The molecule has 2 atom stereocenters. The minimum atomic E-state index is -0.263. The van der Waals surface area contributed by atoms with Crippen molar-refractivity contribution in [3.8, 4) is 11.7 Å². The predicted molar refractivity (Wildman–Crippen MR) is 71.7 cm³/mol. The highest BCUT2D eigenvalue weighted by atomic mass is 16.4. The fourth-order valence-corrected chi connectivity index (χ4v) is 2.75. The lowest BCUT2D eigenvalue weighted by Crippen LogP contribution is -2.42. The van der Waals surface area contributed by atoms with Gasteiger partial charge >= 0.3 is 0 Å². The van der Waals surface area contributed by atoms with Crippen molar-refractivity contribution < 1.29 is 13.9 Å². The molecule has 0 radical (unpaired) electrons. The molecule has 20 heavy (non-hydrogen) atoms. The molecule has 2 aromatic rings. The second-order valence-electron chi connectivity index (χ2n) is 5.31. The van der Waals surface area contributed by atoms with Gasteiger partial charge in [-0.25, -0.2) is 0 Å². The number of aromatic nitrogens is 2. The number of likely N-dealkylation sites (N-methyl/N-ethyl adjacent to an activating group) is 1. The molecule has 1 fully saturated rings. The van der Waals surface area contributed by atoms with Gasteiger partial charge in [-0.1, -0.05) is 12.8 Å². The highest BCUT2D eigenvalue weighted by Crippen LogP contribution is 2.24. The summed E-state index contributed by atoms with van der Waals surface area (Å²) in [5.74, 6) is 1.50. The van der Waals surface area contributed by atoms with Crippen molar-refractivity contribution in [2.45, 2.75) is 44.4 Å². The Bertz CT molecular complexity index is 538. The van der Waals surface area contributed by atoms with Crippen molar-refractivity contribution in [2.24, 2.45) is 0 Å². The minimum absolute atomic E-state index is 0.169. The predicted octanol–water partition coefficient (Wildman–Crippen LogP) is 2.06. The van der Waals surface area contributed by atoms with Crippen molar-refractivity contribution in [1.82, 2.24) is 15.1 Å². The van der Waals surface area contributed by atoms with E-state index in [0.29, 0.717) is 24.1 Å². The monoisotopic (exact) mass is 277 g/mol. The molecule has 0 amide bonds. The Morgan fingerprint density at radius 3 is 2.95 bits per heavy atom. The molecule has 0 saturated heterocycles. The summed E-state index contributed by atoms with van der Waals surface area (Å²) < 4.78 is 10.8. The molecule has 1 N–H and O–H groups in total. The van der Waals surface area contributed by atoms with Gasteiger partial charge in [0.2, 0.25) is 5.89 Å². The first-order chi connectivity index (χ1) is 9.74. The standard InChI is InChI=1S/C14H19N3O3/c1-17(10-5-2-3-6-11(10)18)9-13-15-16-14(20-13)12-7-4-8-19-12/h4,7-8,10-11,18H,2-3,5-6,9H2,1H3. The Kier molecular flexibility index (Phi) is 3.84. The van der Waals surface area contributed by atoms with E-state index in [0.717, 1.165) is 25.7 Å². The number of hydrogen-bond donors (Lipinski definition) is 1. The van der Waals surface area contributed by atoms with Crippen LogP contribution in [0.4, 0.5) is 0 Å². The van der Waals surface area contributed by atoms with E-state index >= 15 is 0 Å². The summed E-state index contributed by atoms with van der Waals surface area (Å²) in [4.78, 5) is 2.09. The van der Waals surface area contributed by atoms with Crippen LogP contribution in [0.25, 0.3) is 11.7 Å². The molecular formula is C14H19N3O3. The maximum atomic E-state index is 10.0. The number of nitrogens with zero attached hydrogens (tertiary/aromatic N) is 3. The van der Waals surface area contributed by atoms with Gasteiger partial charge in [0, 0.05) is 6.04 Å². The highest BCUT2D eigenvalue weighted by molar-refractivity contribution is 5.42. The van der Waals surface area contributed by atoms with E-state index in [2.05, 4.69) is 15.1 Å². The molecule has 6 heteroatoms. The summed E-state index contributed by atoms with van der Waals surface area (Å²) in [5.41, 5.74) is 0. The van der Waals surface area contributed by atoms with E-state index in [4.69, 9.17) is 8.83 Å². The molecule has 1 aliphatic rings. The molecule has 2 aromatic heterocycles. The van der Waals surface area contributed by atoms with Gasteiger partial charge < -0.3 is 13.9 Å². The molecule has 1 aliphatic carbocycles. The van der Waals surface area contributed by atoms with Crippen molar-refractivity contribution in [3.63, 3.8) is 0 Å². The summed E-state index contributed by atoms with van der Waals surface area (Å²) in [7, 11) is 1.98. The van der Waals surface area contributed by atoms with Crippen molar-refractivity contribution >= 4 is 0 Å². The van der Waals surface area contributed by atoms with Crippen LogP contribution in [-0.2, 0) is 6.54 Å². The van der Waals surface area contributed by atoms with Crippen molar-refractivity contribution in [3.05, 3.63) is 24.3 Å². The van der Waals surface area contributed by atoms with Gasteiger partial charge in [-0.3, -0.25) is 4.90 Å². The Hall–Kier alpha value is -1.66. The summed E-state index contributed by atoms with van der Waals surface area (Å²) in [6.07, 6.45) is 5.46. The van der Waals surface area contributed by atoms with Crippen LogP contribution in [0.2, 0.25) is 0 Å². The lowest BCUT2D eigenvalue weighted by atomic mass is 9.92. The van der Waals surface area contributed by atoms with Crippen LogP contribution in [0.1, 0.15) is 31.6 Å². The first kappa shape index (κ1) is 13.3. The fourth-order valence-electron chi connectivity index (χ4n) is 2.75. The van der Waals surface area contributed by atoms with E-state index in [1.165, 1.54) is 0 Å². The summed E-state index contributed by atoms with van der Waals surface area (Å²) in [6.45, 7) is 0.537. The van der Waals surface area contributed by atoms with Crippen LogP contribution < -0.4 is 0 Å². The molecule has 0 bridgehead atoms. The van der Waals surface area contributed by atoms with Gasteiger partial charge in [0.1, 0.15) is 0 Å². The minimum Gasteiger partial charge on any atom is -0.459 e. The van der Waals surface area contributed by atoms with E-state index in [1.54, 1.807) is 18.4 Å². The molecule has 2 unspecified atom stereocenters. The van der Waals surface area contributed by atoms with Gasteiger partial charge in [0.25, 0.3) is 5.89 Å². The van der Waals surface area contributed by atoms with Crippen LogP contribution in [0.15, 0.2) is 27.2 Å². The van der Waals surface area contributed by atoms with E-state index < -0.39 is 0 Å². The quantitative estimate of drug-likeness (QED) is 0.922. The van der Waals surface area contributed by atoms with Gasteiger partial charge in [-0.15, -0.1) is 10.2 Å². The molecule has 6 nitrogen and oxygen atoms in total. The molecule has 1 saturated carbocycles. The second kappa shape index (κ2) is 5.76. The van der Waals surface area contributed by atoms with E-state index in [1.807, 2.05) is 7.05 Å². The first-order valence-corrected chi connectivity index (χ1v) is 6.98. The molecular weight excluding hydrogens is 258 g/mol. The number of furan rings is 1. The van der Waals surface area contributed by atoms with Gasteiger partial charge in [-0.05, 0) is 32.0 Å². The lowest BCUT2D eigenvalue weighted by Gasteiger charge is -2.34. The summed E-state index contributed by atoms with van der Waals surface area (Å²) in [6, 6.07) is 3.73. The van der Waals surface area contributed by atoms with E-state index in [-0.39, 0.29) is 12.1 Å². The summed E-state index contributed by atoms with van der Waals surface area (Å²) in [5, 5.41) is 18.1. The van der Waals surface area contributed by atoms with Crippen molar-refractivity contribution in [2.75, 3.05) is 7.05 Å². The molecule has 3 rings (SSSR count). The number of aliphatic hydroxyl groups is 1. The normalized spacial score (nSPS) is 23.4. The molecule has 2 heterocycles. The smallest absolute Gasteiger partial charge is 0.283 e. The molecule has 108 valence electrons. The van der Waals surface area contributed by atoms with Crippen LogP contribution in [0.5, 0.6) is 0 Å². The fraction of sp³-hybridized carbons (Fsp3) is 0.571. The summed E-state index contributed by atoms with van der Waals surface area (Å²) >= 11 is 0. The van der Waals surface area contributed by atoms with Gasteiger partial charge in [-0.2, -0.15) is 0 Å². The second-order valence-corrected chi connectivity index (χ2v) is 5.31. The topological polar surface area (TPSA) is 75.5 Å². The average molecular weight is 277 g/mol. The Labute approximate surface area is 117 Å². The zero-order valence-electron chi connectivity index (χ0n) is 11.5. The van der Waals surface area contributed by atoms with Crippen LogP contribution in [0.3, 0.4) is 0 Å². The largest absolute Gasteiger partial charge is 0.459 e. The maximum Gasteiger partial charge on any atom is 0.283 e. The third-order valence-electron chi connectivity index (χ3n) is 3.84. The zero-order chi connectivity index (χ0) is 13.9. The lowest BCUT2D eigenvalue weighted by molar-refractivity contribution is 0.0256. The molecule has 0 spiro atoms. The third-order valence-corrected chi connectivity index (χ3v) is 3.84. The average Bonchev–Trinajstić information content (AvgIpc) is 3.09. The van der Waals surface area contributed by atoms with Crippen molar-refractivity contribution in [1.29, 1.82) is 0 Å². The third kappa shape index (κ3) is 2.76. The Morgan fingerprint density at radius 2 is 2.20 bits per heavy atom. The highest BCUT2D eigenvalue weighted by Gasteiger charge is 2.27. The maximum absolute atomic E-state index is 10.0. The van der Waals surface area contributed by atoms with Crippen LogP contribution >= 0.6 is 0 Å². The van der Waals surface area contributed by atoms with Gasteiger partial charge in [0.15, 0.2) is 5.76 Å². The van der Waals surface area contributed by atoms with Gasteiger partial charge in [0.05, 0.1) is 18.9 Å². The Balaban J connectivity index is 1.65. The van der Waals surface area contributed by atoms with Crippen LogP contribution in [-0.4, -0.2) is 39.4 Å². The van der Waals surface area contributed by atoms with E-state index in [9.17, 15) is 5.11 Å². The number of rotatable bonds is 4. The number of hydrogen-bond acceptors (Lipinski definition) is 6. The zero-order valence-corrected chi connectivity index (χ0v) is 11.5. The number of aliphatic hydroxyl groups excluding tert-OH is 1. The molecule has 0 aromatic carbocycles. The molecule has 0 aliphatic heterocycles. The van der Waals surface area contributed by atoms with Crippen LogP contribution in [0, 0.1) is 0 Å². The SMILES string of the molecule is CN(Cc1nnc(-c2ccco2)o1)C1CCCCC1O. The first-order valence-electron chi connectivity index (χ1n) is 6.98. The Morgan fingerprint density at radius 1 is 1.35 bits per heavy atom.